The molecule has 0 bridgehead atoms. The van der Waals surface area contributed by atoms with Gasteiger partial charge < -0.3 is 15.6 Å². The maximum Gasteiger partial charge on any atom is 0.305 e. The van der Waals surface area contributed by atoms with Crippen LogP contribution in [0, 0.1) is 0 Å². The fourth-order valence-electron chi connectivity index (χ4n) is 1.04. The summed E-state index contributed by atoms with van der Waals surface area (Å²) in [5.74, 6) is -0.347. The van der Waals surface area contributed by atoms with Crippen molar-refractivity contribution in [3.63, 3.8) is 0 Å². The van der Waals surface area contributed by atoms with Crippen molar-refractivity contribution in [3.05, 3.63) is 29.3 Å². The topological polar surface area (TPSA) is 72.5 Å². The second-order valence-electron chi connectivity index (χ2n) is 3.13. The van der Waals surface area contributed by atoms with Crippen molar-refractivity contribution in [1.29, 1.82) is 0 Å². The van der Waals surface area contributed by atoms with E-state index >= 15 is 0 Å². The van der Waals surface area contributed by atoms with Crippen LogP contribution in [0.1, 0.15) is 6.42 Å². The molecule has 0 aliphatic rings. The van der Waals surface area contributed by atoms with Gasteiger partial charge in [-0.15, -0.1) is 0 Å². The van der Waals surface area contributed by atoms with Gasteiger partial charge in [-0.3, -0.25) is 4.79 Å². The van der Waals surface area contributed by atoms with Gasteiger partial charge in [-0.25, -0.2) is 0 Å². The maximum atomic E-state index is 10.3. The standard InChI is InChI=1S/C10H12ClNO3/c11-7-2-1-3-9(4-7)15-6-8(12)5-10(13)14/h1-4,8H,5-6,12H2,(H,13,14). The molecule has 0 spiro atoms. The normalized spacial score (nSPS) is 12.1. The monoisotopic (exact) mass is 229 g/mol. The van der Waals surface area contributed by atoms with E-state index in [1.54, 1.807) is 24.3 Å². The Labute approximate surface area is 92.6 Å². The van der Waals surface area contributed by atoms with Crippen LogP contribution >= 0.6 is 11.6 Å². The number of carboxylic acid groups (broad SMARTS) is 1. The summed E-state index contributed by atoms with van der Waals surface area (Å²) in [7, 11) is 0. The lowest BCUT2D eigenvalue weighted by Gasteiger charge is -2.11. The molecule has 3 N–H and O–H groups in total. The van der Waals surface area contributed by atoms with Crippen LogP contribution in [0.3, 0.4) is 0 Å². The first kappa shape index (κ1) is 11.8. The number of nitrogens with two attached hydrogens (primary N) is 1. The van der Waals surface area contributed by atoms with Gasteiger partial charge in [0.25, 0.3) is 0 Å². The second kappa shape index (κ2) is 5.58. The SMILES string of the molecule is NC(COc1cccc(Cl)c1)CC(=O)O. The Kier molecular flexibility index (Phi) is 4.39. The number of halogens is 1. The zero-order valence-corrected chi connectivity index (χ0v) is 8.78. The quantitative estimate of drug-likeness (QED) is 0.803. The third kappa shape index (κ3) is 4.67. The smallest absolute Gasteiger partial charge is 0.305 e. The number of benzene rings is 1. The van der Waals surface area contributed by atoms with Crippen molar-refractivity contribution in [2.24, 2.45) is 5.73 Å². The lowest BCUT2D eigenvalue weighted by molar-refractivity contribution is -0.137. The third-order valence-electron chi connectivity index (χ3n) is 1.70. The van der Waals surface area contributed by atoms with E-state index < -0.39 is 12.0 Å². The van der Waals surface area contributed by atoms with Gasteiger partial charge >= 0.3 is 5.97 Å². The summed E-state index contributed by atoms with van der Waals surface area (Å²) in [6.07, 6.45) is -0.111. The summed E-state index contributed by atoms with van der Waals surface area (Å²) in [6.45, 7) is 0.159. The second-order valence-corrected chi connectivity index (χ2v) is 3.56. The van der Waals surface area contributed by atoms with Crippen molar-refractivity contribution < 1.29 is 14.6 Å². The molecule has 1 unspecified atom stereocenters. The highest BCUT2D eigenvalue weighted by Crippen LogP contribution is 2.17. The van der Waals surface area contributed by atoms with Crippen molar-refractivity contribution in [2.45, 2.75) is 12.5 Å². The van der Waals surface area contributed by atoms with Crippen LogP contribution in [0.25, 0.3) is 0 Å². The van der Waals surface area contributed by atoms with Gasteiger partial charge in [-0.2, -0.15) is 0 Å². The molecule has 15 heavy (non-hydrogen) atoms. The molecule has 0 aliphatic heterocycles. The van der Waals surface area contributed by atoms with E-state index in [1.165, 1.54) is 0 Å². The largest absolute Gasteiger partial charge is 0.492 e. The van der Waals surface area contributed by atoms with Gasteiger partial charge in [0.2, 0.25) is 0 Å². The Hall–Kier alpha value is -1.26. The number of carboxylic acids is 1. The molecule has 1 rings (SSSR count). The summed E-state index contributed by atoms with van der Waals surface area (Å²) in [5, 5.41) is 9.04. The van der Waals surface area contributed by atoms with Crippen LogP contribution in [0.5, 0.6) is 5.75 Å². The lowest BCUT2D eigenvalue weighted by atomic mass is 10.2. The van der Waals surface area contributed by atoms with Crippen LogP contribution in [0.15, 0.2) is 24.3 Å². The molecule has 1 aromatic carbocycles. The van der Waals surface area contributed by atoms with Crippen molar-refractivity contribution in [1.82, 2.24) is 0 Å². The van der Waals surface area contributed by atoms with Gasteiger partial charge in [0.15, 0.2) is 0 Å². The summed E-state index contributed by atoms with van der Waals surface area (Å²) in [4.78, 5) is 10.3. The van der Waals surface area contributed by atoms with E-state index in [0.717, 1.165) is 0 Å². The molecule has 0 radical (unpaired) electrons. The van der Waals surface area contributed by atoms with Crippen LogP contribution in [-0.2, 0) is 4.79 Å². The molecular formula is C10H12ClNO3. The average Bonchev–Trinajstić information content (AvgIpc) is 2.14. The van der Waals surface area contributed by atoms with Crippen LogP contribution < -0.4 is 10.5 Å². The molecule has 4 nitrogen and oxygen atoms in total. The Bertz CT molecular complexity index is 343. The van der Waals surface area contributed by atoms with Gasteiger partial charge in [-0.1, -0.05) is 17.7 Å². The van der Waals surface area contributed by atoms with E-state index in [9.17, 15) is 4.79 Å². The minimum Gasteiger partial charge on any atom is -0.492 e. The first-order valence-corrected chi connectivity index (χ1v) is 4.81. The maximum absolute atomic E-state index is 10.3. The molecule has 0 amide bonds. The molecular weight excluding hydrogens is 218 g/mol. The number of rotatable bonds is 5. The molecule has 0 saturated heterocycles. The number of hydrogen-bond donors (Lipinski definition) is 2. The van der Waals surface area contributed by atoms with E-state index in [4.69, 9.17) is 27.2 Å². The van der Waals surface area contributed by atoms with E-state index in [1.807, 2.05) is 0 Å². The zero-order chi connectivity index (χ0) is 11.3. The van der Waals surface area contributed by atoms with E-state index in [-0.39, 0.29) is 13.0 Å². The molecule has 0 fully saturated rings. The molecule has 1 aromatic rings. The van der Waals surface area contributed by atoms with Crippen molar-refractivity contribution in [3.8, 4) is 5.75 Å². The first-order valence-electron chi connectivity index (χ1n) is 4.43. The molecule has 0 heterocycles. The predicted molar refractivity (Wildman–Crippen MR) is 57.2 cm³/mol. The highest BCUT2D eigenvalue weighted by atomic mass is 35.5. The lowest BCUT2D eigenvalue weighted by Crippen LogP contribution is -2.30. The Balaban J connectivity index is 2.40. The average molecular weight is 230 g/mol. The highest BCUT2D eigenvalue weighted by Gasteiger charge is 2.08. The number of ether oxygens (including phenoxy) is 1. The molecule has 0 saturated carbocycles. The van der Waals surface area contributed by atoms with E-state index in [2.05, 4.69) is 0 Å². The minimum absolute atomic E-state index is 0.111. The van der Waals surface area contributed by atoms with Crippen LogP contribution in [0.2, 0.25) is 5.02 Å². The van der Waals surface area contributed by atoms with Crippen molar-refractivity contribution in [2.75, 3.05) is 6.61 Å². The van der Waals surface area contributed by atoms with Crippen molar-refractivity contribution >= 4 is 17.6 Å². The fourth-order valence-corrected chi connectivity index (χ4v) is 1.22. The molecule has 5 heteroatoms. The molecule has 82 valence electrons. The van der Waals surface area contributed by atoms with Gasteiger partial charge in [0.1, 0.15) is 12.4 Å². The van der Waals surface area contributed by atoms with E-state index in [0.29, 0.717) is 10.8 Å². The Morgan fingerprint density at radius 3 is 2.93 bits per heavy atom. The number of hydrogen-bond acceptors (Lipinski definition) is 3. The predicted octanol–water partition coefficient (Wildman–Crippen LogP) is 1.52. The highest BCUT2D eigenvalue weighted by molar-refractivity contribution is 6.30. The molecule has 0 aliphatic carbocycles. The van der Waals surface area contributed by atoms with Gasteiger partial charge in [0, 0.05) is 11.1 Å². The van der Waals surface area contributed by atoms with Crippen LogP contribution in [0.4, 0.5) is 0 Å². The fraction of sp³-hybridized carbons (Fsp3) is 0.300. The molecule has 0 aromatic heterocycles. The Morgan fingerprint density at radius 2 is 2.33 bits per heavy atom. The Morgan fingerprint density at radius 1 is 1.60 bits per heavy atom. The summed E-state index contributed by atoms with van der Waals surface area (Å²) >= 11 is 5.74. The zero-order valence-electron chi connectivity index (χ0n) is 8.02. The summed E-state index contributed by atoms with van der Waals surface area (Å²) in [6, 6.07) is 6.35. The van der Waals surface area contributed by atoms with Gasteiger partial charge in [-0.05, 0) is 18.2 Å². The minimum atomic E-state index is -0.933. The molecule has 1 atom stereocenters. The number of carbonyl (C=O) groups is 1. The first-order chi connectivity index (χ1) is 7.08. The summed E-state index contributed by atoms with van der Waals surface area (Å²) < 4.78 is 5.28. The van der Waals surface area contributed by atoms with Gasteiger partial charge in [0.05, 0.1) is 6.42 Å². The third-order valence-corrected chi connectivity index (χ3v) is 1.93. The van der Waals surface area contributed by atoms with Crippen LogP contribution in [-0.4, -0.2) is 23.7 Å². The summed E-state index contributed by atoms with van der Waals surface area (Å²) in [5.41, 5.74) is 5.52. The number of aliphatic carboxylic acids is 1.